The van der Waals surface area contributed by atoms with Crippen molar-refractivity contribution in [1.29, 1.82) is 0 Å². The summed E-state index contributed by atoms with van der Waals surface area (Å²) in [6.07, 6.45) is 1.22. The number of rotatable bonds is 13. The van der Waals surface area contributed by atoms with E-state index in [0.29, 0.717) is 49.6 Å². The third-order valence-electron chi connectivity index (χ3n) is 8.18. The van der Waals surface area contributed by atoms with Crippen molar-refractivity contribution in [2.24, 2.45) is 21.6 Å². The normalized spacial score (nSPS) is 18.3. The van der Waals surface area contributed by atoms with Gasteiger partial charge in [0.25, 0.3) is 0 Å². The van der Waals surface area contributed by atoms with Crippen LogP contribution in [-0.2, 0) is 20.7 Å². The Hall–Kier alpha value is -3.90. The number of benzene rings is 3. The molecule has 10 nitrogen and oxygen atoms in total. The topological polar surface area (TPSA) is 134 Å². The van der Waals surface area contributed by atoms with E-state index in [-0.39, 0.29) is 29.2 Å². The number of nitrogens with zero attached hydrogens (tertiary/aromatic N) is 3. The summed E-state index contributed by atoms with van der Waals surface area (Å²) in [6, 6.07) is 23.0. The molecule has 0 saturated carbocycles. The molecule has 3 aromatic rings. The lowest BCUT2D eigenvalue weighted by molar-refractivity contribution is -0.116. The van der Waals surface area contributed by atoms with Crippen LogP contribution in [0.15, 0.2) is 82.8 Å². The van der Waals surface area contributed by atoms with Crippen molar-refractivity contribution >= 4 is 40.8 Å². The van der Waals surface area contributed by atoms with E-state index in [4.69, 9.17) is 15.2 Å². The Morgan fingerprint density at radius 1 is 1.04 bits per heavy atom. The van der Waals surface area contributed by atoms with Crippen LogP contribution in [0, 0.1) is 5.92 Å². The second-order valence-electron chi connectivity index (χ2n) is 12.1. The van der Waals surface area contributed by atoms with Crippen LogP contribution < -0.4 is 21.3 Å². The van der Waals surface area contributed by atoms with Gasteiger partial charge in [-0.25, -0.2) is 0 Å². The number of phenolic OH excluding ortho intramolecular Hbond substituents is 1. The van der Waals surface area contributed by atoms with Crippen LogP contribution in [0.25, 0.3) is 0 Å². The van der Waals surface area contributed by atoms with Crippen molar-refractivity contribution in [1.82, 2.24) is 5.32 Å². The molecule has 5 rings (SSSR count). The molecule has 5 N–H and O–H groups in total. The second-order valence-corrected chi connectivity index (χ2v) is 13.2. The van der Waals surface area contributed by atoms with Crippen molar-refractivity contribution < 1.29 is 19.4 Å². The van der Waals surface area contributed by atoms with Crippen LogP contribution in [-0.4, -0.2) is 73.1 Å². The molecule has 0 aromatic heterocycles. The minimum atomic E-state index is -0.257. The Kier molecular flexibility index (Phi) is 12.3. The Labute approximate surface area is 281 Å². The number of thioether (sulfide) groups is 1. The maximum Gasteiger partial charge on any atom is 0.238 e. The Bertz CT molecular complexity index is 1520. The largest absolute Gasteiger partial charge is 0.508 e. The molecule has 2 aliphatic rings. The predicted molar refractivity (Wildman–Crippen MR) is 192 cm³/mol. The molecular weight excluding hydrogens is 613 g/mol. The maximum absolute atomic E-state index is 12.9. The summed E-state index contributed by atoms with van der Waals surface area (Å²) in [6.45, 7) is 9.85. The highest BCUT2D eigenvalue weighted by molar-refractivity contribution is 8.01. The molecule has 2 heterocycles. The smallest absolute Gasteiger partial charge is 0.238 e. The van der Waals surface area contributed by atoms with E-state index in [2.05, 4.69) is 65.7 Å². The van der Waals surface area contributed by atoms with Crippen molar-refractivity contribution in [3.8, 4) is 5.75 Å². The van der Waals surface area contributed by atoms with Gasteiger partial charge in [0.1, 0.15) is 11.6 Å². The number of anilines is 2. The summed E-state index contributed by atoms with van der Waals surface area (Å²) in [5.41, 5.74) is 11.4. The molecule has 0 aliphatic carbocycles. The summed E-state index contributed by atoms with van der Waals surface area (Å²) in [5, 5.41) is 16.5. The van der Waals surface area contributed by atoms with Crippen LogP contribution in [0.5, 0.6) is 5.75 Å². The summed E-state index contributed by atoms with van der Waals surface area (Å²) in [7, 11) is 0. The number of carbonyl (C=O) groups is 1. The number of carbonyl (C=O) groups excluding carboxylic acids is 1. The number of ether oxygens (including phenoxy) is 2. The summed E-state index contributed by atoms with van der Waals surface area (Å²) in [5.74, 6) is 2.22. The van der Waals surface area contributed by atoms with E-state index in [1.165, 1.54) is 11.1 Å². The molecule has 0 radical (unpaired) electrons. The first-order chi connectivity index (χ1) is 22.8. The fourth-order valence-corrected chi connectivity index (χ4v) is 6.90. The number of nitrogens with one attached hydrogen (secondary N) is 2. The number of amidine groups is 1. The van der Waals surface area contributed by atoms with Gasteiger partial charge < -0.3 is 30.9 Å². The van der Waals surface area contributed by atoms with Gasteiger partial charge in [-0.05, 0) is 66.3 Å². The zero-order chi connectivity index (χ0) is 33.2. The molecule has 47 heavy (non-hydrogen) atoms. The lowest BCUT2D eigenvalue weighted by Crippen LogP contribution is -2.41. The van der Waals surface area contributed by atoms with Crippen molar-refractivity contribution in [3.05, 3.63) is 89.5 Å². The summed E-state index contributed by atoms with van der Waals surface area (Å²) >= 11 is 1.73. The minimum Gasteiger partial charge on any atom is -0.508 e. The third-order valence-corrected chi connectivity index (χ3v) is 9.61. The molecule has 2 unspecified atom stereocenters. The molecule has 1 amide bonds. The van der Waals surface area contributed by atoms with Gasteiger partial charge in [-0.15, -0.1) is 11.8 Å². The number of aromatic hydroxyl groups is 1. The van der Waals surface area contributed by atoms with Gasteiger partial charge in [0.05, 0.1) is 24.3 Å². The molecule has 0 spiro atoms. The van der Waals surface area contributed by atoms with E-state index < -0.39 is 0 Å². The number of phenols is 1. The van der Waals surface area contributed by atoms with Gasteiger partial charge in [0, 0.05) is 36.4 Å². The number of guanidine groups is 1. The SMILES string of the molecule is CC(C)c1ccccc1N1C(=O)CSC1C(C)CNCCc1ccc(C(N)=NC(=NCCC2OCCO2)Nc2ccc(O)cc2)cc1. The van der Waals surface area contributed by atoms with Crippen molar-refractivity contribution in [2.45, 2.75) is 51.2 Å². The molecule has 0 bridgehead atoms. The average Bonchev–Trinajstić information content (AvgIpc) is 3.74. The van der Waals surface area contributed by atoms with Gasteiger partial charge in [0.15, 0.2) is 6.29 Å². The zero-order valence-electron chi connectivity index (χ0n) is 27.4. The molecular formula is C36H46N6O4S. The monoisotopic (exact) mass is 658 g/mol. The van der Waals surface area contributed by atoms with Crippen LogP contribution in [0.2, 0.25) is 0 Å². The fraction of sp³-hybridized carbons (Fsp3) is 0.417. The lowest BCUT2D eigenvalue weighted by atomic mass is 9.99. The predicted octanol–water partition coefficient (Wildman–Crippen LogP) is 5.33. The summed E-state index contributed by atoms with van der Waals surface area (Å²) in [4.78, 5) is 24.2. The van der Waals surface area contributed by atoms with Crippen LogP contribution in [0.4, 0.5) is 11.4 Å². The Morgan fingerprint density at radius 2 is 1.77 bits per heavy atom. The standard InChI is InChI=1S/C36H46N6O4S/c1-24(2)30-6-4-5-7-31(30)42-32(44)23-47-35(42)25(3)22-38-18-16-26-8-10-27(11-9-26)34(37)41-36(39-19-17-33-45-20-21-46-33)40-28-12-14-29(43)15-13-28/h4-15,24-25,33,35,38,43H,16-23H2,1-3H3,(H3,37,39,40,41). The van der Waals surface area contributed by atoms with Crippen molar-refractivity contribution in [3.63, 3.8) is 0 Å². The van der Waals surface area contributed by atoms with Gasteiger partial charge in [-0.2, -0.15) is 4.99 Å². The van der Waals surface area contributed by atoms with Crippen molar-refractivity contribution in [2.75, 3.05) is 48.8 Å². The highest BCUT2D eigenvalue weighted by Crippen LogP contribution is 2.38. The van der Waals surface area contributed by atoms with Crippen LogP contribution >= 0.6 is 11.8 Å². The number of nitrogens with two attached hydrogens (primary N) is 1. The summed E-state index contributed by atoms with van der Waals surface area (Å²) < 4.78 is 11.0. The first kappa shape index (κ1) is 34.4. The molecule has 11 heteroatoms. The highest BCUT2D eigenvalue weighted by atomic mass is 32.2. The minimum absolute atomic E-state index is 0.109. The first-order valence-electron chi connectivity index (χ1n) is 16.3. The van der Waals surface area contributed by atoms with E-state index >= 15 is 0 Å². The number of hydrogen-bond donors (Lipinski definition) is 4. The van der Waals surface area contributed by atoms with Gasteiger partial charge >= 0.3 is 0 Å². The van der Waals surface area contributed by atoms with Crippen LogP contribution in [0.3, 0.4) is 0 Å². The van der Waals surface area contributed by atoms with Gasteiger partial charge in [0.2, 0.25) is 11.9 Å². The van der Waals surface area contributed by atoms with Gasteiger partial charge in [-0.1, -0.05) is 63.2 Å². The number of amides is 1. The number of hydrogen-bond acceptors (Lipinski definition) is 7. The fourth-order valence-electron chi connectivity index (χ4n) is 5.64. The van der Waals surface area contributed by atoms with Crippen LogP contribution in [0.1, 0.15) is 49.8 Å². The second kappa shape index (κ2) is 16.8. The Balaban J connectivity index is 1.14. The maximum atomic E-state index is 12.9. The Morgan fingerprint density at radius 3 is 2.49 bits per heavy atom. The third kappa shape index (κ3) is 9.57. The van der Waals surface area contributed by atoms with E-state index in [9.17, 15) is 9.90 Å². The molecule has 3 aromatic carbocycles. The molecule has 2 saturated heterocycles. The molecule has 2 aliphatic heterocycles. The van der Waals surface area contributed by atoms with E-state index in [1.54, 1.807) is 36.0 Å². The quantitative estimate of drug-likeness (QED) is 0.0839. The molecule has 2 fully saturated rings. The van der Waals surface area contributed by atoms with E-state index in [1.807, 2.05) is 29.2 Å². The number of aliphatic imine (C=N–C) groups is 2. The first-order valence-corrected chi connectivity index (χ1v) is 17.3. The van der Waals surface area contributed by atoms with E-state index in [0.717, 1.165) is 36.4 Å². The lowest BCUT2D eigenvalue weighted by Gasteiger charge is -2.31. The number of para-hydroxylation sites is 1. The zero-order valence-corrected chi connectivity index (χ0v) is 28.2. The van der Waals surface area contributed by atoms with Gasteiger partial charge in [-0.3, -0.25) is 14.7 Å². The average molecular weight is 659 g/mol. The highest BCUT2D eigenvalue weighted by Gasteiger charge is 2.37. The molecule has 2 atom stereocenters. The molecule has 250 valence electrons.